The molecule has 2 rings (SSSR count). The molecule has 21 heavy (non-hydrogen) atoms. The van der Waals surface area contributed by atoms with E-state index in [0.29, 0.717) is 6.10 Å². The Morgan fingerprint density at radius 2 is 2.14 bits per heavy atom. The largest absolute Gasteiger partial charge is 0.377 e. The number of likely N-dealkylation sites (tertiary alicyclic amines) is 1. The first-order valence-electron chi connectivity index (χ1n) is 7.88. The highest BCUT2D eigenvalue weighted by atomic mass is 16.5. The van der Waals surface area contributed by atoms with Gasteiger partial charge in [0.25, 0.3) is 0 Å². The van der Waals surface area contributed by atoms with Gasteiger partial charge in [-0.2, -0.15) is 0 Å². The van der Waals surface area contributed by atoms with E-state index in [9.17, 15) is 4.79 Å². The zero-order valence-corrected chi connectivity index (χ0v) is 13.1. The number of hydrogen-bond acceptors (Lipinski definition) is 3. The summed E-state index contributed by atoms with van der Waals surface area (Å²) in [6, 6.07) is 8.10. The Labute approximate surface area is 127 Å². The molecule has 1 atom stereocenters. The zero-order chi connectivity index (χ0) is 15.1. The molecule has 0 saturated carbocycles. The number of benzene rings is 1. The second-order valence-electron chi connectivity index (χ2n) is 5.75. The third-order valence-electron chi connectivity index (χ3n) is 3.70. The summed E-state index contributed by atoms with van der Waals surface area (Å²) in [6.07, 6.45) is 3.86. The predicted octanol–water partition coefficient (Wildman–Crippen LogP) is 3.04. The highest BCUT2D eigenvalue weighted by Gasteiger charge is 2.20. The van der Waals surface area contributed by atoms with Crippen molar-refractivity contribution in [3.05, 3.63) is 29.8 Å². The van der Waals surface area contributed by atoms with Crippen LogP contribution in [0.15, 0.2) is 24.3 Å². The van der Waals surface area contributed by atoms with Gasteiger partial charge in [0.1, 0.15) is 0 Å². The quantitative estimate of drug-likeness (QED) is 0.875. The van der Waals surface area contributed by atoms with Gasteiger partial charge in [-0.05, 0) is 43.5 Å². The molecule has 1 saturated heterocycles. The Kier molecular flexibility index (Phi) is 6.21. The SMILES string of the molecule is CCCO[C@@H]1CCCN(Cc2ccc(NC(C)=O)cc2)C1. The molecule has 1 heterocycles. The smallest absolute Gasteiger partial charge is 0.221 e. The van der Waals surface area contributed by atoms with Crippen LogP contribution < -0.4 is 5.32 Å². The standard InChI is InChI=1S/C17H26N2O2/c1-3-11-21-17-5-4-10-19(13-17)12-15-6-8-16(9-7-15)18-14(2)20/h6-9,17H,3-5,10-13H2,1-2H3,(H,18,20)/t17-/m1/s1. The van der Waals surface area contributed by atoms with E-state index in [-0.39, 0.29) is 5.91 Å². The highest BCUT2D eigenvalue weighted by molar-refractivity contribution is 5.88. The van der Waals surface area contributed by atoms with Crippen LogP contribution in [0.4, 0.5) is 5.69 Å². The van der Waals surface area contributed by atoms with Crippen molar-refractivity contribution < 1.29 is 9.53 Å². The Morgan fingerprint density at radius 3 is 2.81 bits per heavy atom. The second-order valence-corrected chi connectivity index (χ2v) is 5.75. The average Bonchev–Trinajstić information content (AvgIpc) is 2.47. The lowest BCUT2D eigenvalue weighted by Gasteiger charge is -2.32. The molecule has 1 amide bonds. The number of amides is 1. The summed E-state index contributed by atoms with van der Waals surface area (Å²) in [5.41, 5.74) is 2.13. The van der Waals surface area contributed by atoms with E-state index < -0.39 is 0 Å². The van der Waals surface area contributed by atoms with Gasteiger partial charge in [0, 0.05) is 32.3 Å². The normalized spacial score (nSPS) is 19.4. The lowest BCUT2D eigenvalue weighted by atomic mass is 10.1. The number of anilines is 1. The van der Waals surface area contributed by atoms with Gasteiger partial charge < -0.3 is 10.1 Å². The van der Waals surface area contributed by atoms with Crippen LogP contribution in [-0.4, -0.2) is 36.6 Å². The third-order valence-corrected chi connectivity index (χ3v) is 3.70. The number of nitrogens with zero attached hydrogens (tertiary/aromatic N) is 1. The monoisotopic (exact) mass is 290 g/mol. The van der Waals surface area contributed by atoms with Crippen molar-refractivity contribution in [3.8, 4) is 0 Å². The van der Waals surface area contributed by atoms with Gasteiger partial charge in [0.15, 0.2) is 0 Å². The molecule has 116 valence electrons. The summed E-state index contributed by atoms with van der Waals surface area (Å²) in [7, 11) is 0. The molecule has 1 aliphatic rings. The molecule has 4 nitrogen and oxygen atoms in total. The van der Waals surface area contributed by atoms with E-state index in [0.717, 1.165) is 38.3 Å². The minimum Gasteiger partial charge on any atom is -0.377 e. The topological polar surface area (TPSA) is 41.6 Å². The van der Waals surface area contributed by atoms with Crippen molar-refractivity contribution in [1.29, 1.82) is 0 Å². The summed E-state index contributed by atoms with van der Waals surface area (Å²) in [5, 5.41) is 2.79. The van der Waals surface area contributed by atoms with Crippen LogP contribution in [0.25, 0.3) is 0 Å². The van der Waals surface area contributed by atoms with Crippen LogP contribution in [0.1, 0.15) is 38.7 Å². The summed E-state index contributed by atoms with van der Waals surface area (Å²) < 4.78 is 5.87. The number of ether oxygens (including phenoxy) is 1. The Bertz CT molecular complexity index is 445. The summed E-state index contributed by atoms with van der Waals surface area (Å²) in [6.45, 7) is 7.65. The predicted molar refractivity (Wildman–Crippen MR) is 85.3 cm³/mol. The fraction of sp³-hybridized carbons (Fsp3) is 0.588. The van der Waals surface area contributed by atoms with Gasteiger partial charge >= 0.3 is 0 Å². The molecular formula is C17H26N2O2. The fourth-order valence-corrected chi connectivity index (χ4v) is 2.73. The molecule has 1 aliphatic heterocycles. The first-order chi connectivity index (χ1) is 10.2. The first-order valence-corrected chi connectivity index (χ1v) is 7.88. The highest BCUT2D eigenvalue weighted by Crippen LogP contribution is 2.17. The summed E-state index contributed by atoms with van der Waals surface area (Å²) in [5.74, 6) is -0.0327. The molecule has 0 unspecified atom stereocenters. The average molecular weight is 290 g/mol. The molecule has 1 aromatic carbocycles. The number of carbonyl (C=O) groups excluding carboxylic acids is 1. The number of piperidine rings is 1. The van der Waals surface area contributed by atoms with Crippen molar-refractivity contribution >= 4 is 11.6 Å². The van der Waals surface area contributed by atoms with E-state index in [1.54, 1.807) is 0 Å². The fourth-order valence-electron chi connectivity index (χ4n) is 2.73. The van der Waals surface area contributed by atoms with Crippen molar-refractivity contribution in [2.24, 2.45) is 0 Å². The molecule has 1 fully saturated rings. The summed E-state index contributed by atoms with van der Waals surface area (Å²) >= 11 is 0. The maximum atomic E-state index is 11.0. The lowest BCUT2D eigenvalue weighted by Crippen LogP contribution is -2.39. The Hall–Kier alpha value is -1.39. The number of rotatable bonds is 6. The number of hydrogen-bond donors (Lipinski definition) is 1. The molecule has 4 heteroatoms. The van der Waals surface area contributed by atoms with Crippen LogP contribution in [0.2, 0.25) is 0 Å². The molecule has 1 aromatic rings. The van der Waals surface area contributed by atoms with Gasteiger partial charge in [-0.15, -0.1) is 0 Å². The van der Waals surface area contributed by atoms with Crippen molar-refractivity contribution in [2.45, 2.75) is 45.8 Å². The van der Waals surface area contributed by atoms with Gasteiger partial charge in [-0.25, -0.2) is 0 Å². The van der Waals surface area contributed by atoms with Crippen LogP contribution in [0, 0.1) is 0 Å². The maximum absolute atomic E-state index is 11.0. The van der Waals surface area contributed by atoms with Crippen LogP contribution in [0.3, 0.4) is 0 Å². The van der Waals surface area contributed by atoms with Gasteiger partial charge in [-0.1, -0.05) is 19.1 Å². The van der Waals surface area contributed by atoms with Crippen molar-refractivity contribution in [1.82, 2.24) is 4.90 Å². The number of nitrogens with one attached hydrogen (secondary N) is 1. The van der Waals surface area contributed by atoms with Crippen molar-refractivity contribution in [2.75, 3.05) is 25.0 Å². The maximum Gasteiger partial charge on any atom is 0.221 e. The van der Waals surface area contributed by atoms with Crippen LogP contribution in [-0.2, 0) is 16.1 Å². The van der Waals surface area contributed by atoms with Crippen LogP contribution >= 0.6 is 0 Å². The molecular weight excluding hydrogens is 264 g/mol. The molecule has 0 spiro atoms. The number of carbonyl (C=O) groups is 1. The first kappa shape index (κ1) is 16.0. The molecule has 0 radical (unpaired) electrons. The van der Waals surface area contributed by atoms with Crippen molar-refractivity contribution in [3.63, 3.8) is 0 Å². The Balaban J connectivity index is 1.84. The molecule has 1 N–H and O–H groups in total. The molecule has 0 bridgehead atoms. The molecule has 0 aromatic heterocycles. The summed E-state index contributed by atoms with van der Waals surface area (Å²) in [4.78, 5) is 13.5. The Morgan fingerprint density at radius 1 is 1.38 bits per heavy atom. The van der Waals surface area contributed by atoms with E-state index in [2.05, 4.69) is 29.3 Å². The third kappa shape index (κ3) is 5.48. The van der Waals surface area contributed by atoms with E-state index >= 15 is 0 Å². The lowest BCUT2D eigenvalue weighted by molar-refractivity contribution is -0.114. The van der Waals surface area contributed by atoms with Gasteiger partial charge in [0.2, 0.25) is 5.91 Å². The van der Waals surface area contributed by atoms with E-state index in [4.69, 9.17) is 4.74 Å². The minimum absolute atomic E-state index is 0.0327. The van der Waals surface area contributed by atoms with Gasteiger partial charge in [0.05, 0.1) is 6.10 Å². The minimum atomic E-state index is -0.0327. The molecule has 0 aliphatic carbocycles. The zero-order valence-electron chi connectivity index (χ0n) is 13.1. The van der Waals surface area contributed by atoms with Crippen LogP contribution in [0.5, 0.6) is 0 Å². The van der Waals surface area contributed by atoms with E-state index in [1.807, 2.05) is 12.1 Å². The van der Waals surface area contributed by atoms with E-state index in [1.165, 1.54) is 25.3 Å². The second kappa shape index (κ2) is 8.15. The van der Waals surface area contributed by atoms with Gasteiger partial charge in [-0.3, -0.25) is 9.69 Å².